The van der Waals surface area contributed by atoms with Crippen LogP contribution in [0.3, 0.4) is 0 Å². The lowest BCUT2D eigenvalue weighted by atomic mass is 10.0. The Morgan fingerprint density at radius 3 is 2.42 bits per heavy atom. The molecule has 36 heavy (non-hydrogen) atoms. The number of nitrogens with one attached hydrogen (secondary N) is 1. The number of halogens is 1. The number of carbonyl (C=O) groups excluding carboxylic acids is 1. The average Bonchev–Trinajstić information content (AvgIpc) is 2.91. The Kier molecular flexibility index (Phi) is 5.96. The summed E-state index contributed by atoms with van der Waals surface area (Å²) in [5.41, 5.74) is 2.34. The molecular weight excluding hydrogens is 461 g/mol. The van der Waals surface area contributed by atoms with Crippen LogP contribution < -0.4 is 15.5 Å². The van der Waals surface area contributed by atoms with Crippen LogP contribution in [0, 0.1) is 5.82 Å². The van der Waals surface area contributed by atoms with E-state index in [4.69, 9.17) is 9.15 Å². The Balaban J connectivity index is 1.53. The number of ether oxygens (including phenoxy) is 1. The van der Waals surface area contributed by atoms with E-state index in [2.05, 4.69) is 5.32 Å². The van der Waals surface area contributed by atoms with Gasteiger partial charge in [-0.2, -0.15) is 0 Å². The largest absolute Gasteiger partial charge is 0.502 e. The number of para-hydroxylation sites is 1. The molecule has 5 rings (SSSR count). The molecule has 7 heteroatoms. The number of methoxy groups -OCH3 is 1. The number of fused-ring (bicyclic) bond motifs is 1. The first-order valence-corrected chi connectivity index (χ1v) is 11.0. The van der Waals surface area contributed by atoms with Crippen molar-refractivity contribution in [3.8, 4) is 33.9 Å². The van der Waals surface area contributed by atoms with Gasteiger partial charge in [0.25, 0.3) is 5.91 Å². The predicted octanol–water partition coefficient (Wildman–Crippen LogP) is 6.23. The SMILES string of the molecule is COc1ccccc1C(=O)Nc1cccc(-c2oc3cc(-c4ccc(F)cc4)ccc3c(=O)c2O)c1. The van der Waals surface area contributed by atoms with Crippen molar-refractivity contribution in [3.63, 3.8) is 0 Å². The highest BCUT2D eigenvalue weighted by Crippen LogP contribution is 2.33. The van der Waals surface area contributed by atoms with Crippen LogP contribution in [0.1, 0.15) is 10.4 Å². The Hall–Kier alpha value is -4.91. The summed E-state index contributed by atoms with van der Waals surface area (Å²) in [5, 5.41) is 13.6. The van der Waals surface area contributed by atoms with Gasteiger partial charge < -0.3 is 19.6 Å². The minimum absolute atomic E-state index is 0.0304. The van der Waals surface area contributed by atoms with Crippen LogP contribution in [0.5, 0.6) is 11.5 Å². The van der Waals surface area contributed by atoms with E-state index in [0.29, 0.717) is 22.6 Å². The summed E-state index contributed by atoms with van der Waals surface area (Å²) in [6, 6.07) is 24.3. The second-order valence-corrected chi connectivity index (χ2v) is 8.06. The number of benzene rings is 4. The number of hydrogen-bond donors (Lipinski definition) is 2. The third-order valence-electron chi connectivity index (χ3n) is 5.78. The smallest absolute Gasteiger partial charge is 0.259 e. The van der Waals surface area contributed by atoms with Gasteiger partial charge in [-0.3, -0.25) is 9.59 Å². The highest BCUT2D eigenvalue weighted by molar-refractivity contribution is 6.06. The maximum absolute atomic E-state index is 13.3. The summed E-state index contributed by atoms with van der Waals surface area (Å²) in [5.74, 6) is -0.864. The third-order valence-corrected chi connectivity index (χ3v) is 5.78. The fourth-order valence-corrected chi connectivity index (χ4v) is 3.97. The molecule has 5 aromatic rings. The maximum atomic E-state index is 13.3. The summed E-state index contributed by atoms with van der Waals surface area (Å²) in [4.78, 5) is 25.7. The molecule has 1 heterocycles. The predicted molar refractivity (Wildman–Crippen MR) is 136 cm³/mol. The molecule has 4 aromatic carbocycles. The van der Waals surface area contributed by atoms with E-state index in [1.807, 2.05) is 0 Å². The Morgan fingerprint density at radius 1 is 0.889 bits per heavy atom. The van der Waals surface area contributed by atoms with Gasteiger partial charge in [0, 0.05) is 11.3 Å². The average molecular weight is 481 g/mol. The van der Waals surface area contributed by atoms with Crippen LogP contribution in [-0.2, 0) is 0 Å². The maximum Gasteiger partial charge on any atom is 0.259 e. The lowest BCUT2D eigenvalue weighted by Crippen LogP contribution is -2.13. The molecule has 6 nitrogen and oxygen atoms in total. The van der Waals surface area contributed by atoms with E-state index in [9.17, 15) is 19.1 Å². The van der Waals surface area contributed by atoms with Crippen LogP contribution in [0.25, 0.3) is 33.4 Å². The second-order valence-electron chi connectivity index (χ2n) is 8.06. The lowest BCUT2D eigenvalue weighted by molar-refractivity contribution is 0.102. The van der Waals surface area contributed by atoms with E-state index in [-0.39, 0.29) is 28.5 Å². The van der Waals surface area contributed by atoms with E-state index in [0.717, 1.165) is 11.1 Å². The molecule has 2 N–H and O–H groups in total. The van der Waals surface area contributed by atoms with E-state index in [1.54, 1.807) is 78.9 Å². The first-order chi connectivity index (χ1) is 17.4. The molecule has 0 spiro atoms. The van der Waals surface area contributed by atoms with Gasteiger partial charge in [-0.1, -0.05) is 42.5 Å². The van der Waals surface area contributed by atoms with E-state index < -0.39 is 11.2 Å². The summed E-state index contributed by atoms with van der Waals surface area (Å²) in [6.07, 6.45) is 0. The highest BCUT2D eigenvalue weighted by Gasteiger charge is 2.17. The van der Waals surface area contributed by atoms with Crippen molar-refractivity contribution < 1.29 is 23.4 Å². The molecule has 0 aliphatic carbocycles. The number of anilines is 1. The molecule has 0 radical (unpaired) electrons. The van der Waals surface area contributed by atoms with Gasteiger partial charge in [-0.25, -0.2) is 4.39 Å². The van der Waals surface area contributed by atoms with Gasteiger partial charge in [-0.15, -0.1) is 0 Å². The number of carbonyl (C=O) groups is 1. The molecule has 0 fully saturated rings. The zero-order chi connectivity index (χ0) is 25.2. The van der Waals surface area contributed by atoms with Gasteiger partial charge in [-0.05, 0) is 59.7 Å². The molecule has 0 aliphatic heterocycles. The Labute approximate surface area is 205 Å². The molecule has 0 saturated heterocycles. The van der Waals surface area contributed by atoms with Crippen molar-refractivity contribution in [1.29, 1.82) is 0 Å². The number of rotatable bonds is 5. The monoisotopic (exact) mass is 481 g/mol. The van der Waals surface area contributed by atoms with Gasteiger partial charge in [0.2, 0.25) is 11.2 Å². The first-order valence-electron chi connectivity index (χ1n) is 11.0. The minimum atomic E-state index is -0.583. The van der Waals surface area contributed by atoms with E-state index in [1.165, 1.54) is 19.2 Å². The quantitative estimate of drug-likeness (QED) is 0.311. The lowest BCUT2D eigenvalue weighted by Gasteiger charge is -2.11. The summed E-state index contributed by atoms with van der Waals surface area (Å²) < 4.78 is 24.5. The van der Waals surface area contributed by atoms with Gasteiger partial charge >= 0.3 is 0 Å². The summed E-state index contributed by atoms with van der Waals surface area (Å²) in [6.45, 7) is 0. The fraction of sp³-hybridized carbons (Fsp3) is 0.0345. The number of amides is 1. The van der Waals surface area contributed by atoms with E-state index >= 15 is 0 Å². The Bertz CT molecular complexity index is 1660. The molecule has 0 saturated carbocycles. The summed E-state index contributed by atoms with van der Waals surface area (Å²) >= 11 is 0. The summed E-state index contributed by atoms with van der Waals surface area (Å²) in [7, 11) is 1.48. The van der Waals surface area contributed by atoms with Crippen LogP contribution >= 0.6 is 0 Å². The zero-order valence-electron chi connectivity index (χ0n) is 19.1. The zero-order valence-corrected chi connectivity index (χ0v) is 19.1. The second kappa shape index (κ2) is 9.38. The normalized spacial score (nSPS) is 10.8. The molecular formula is C29H20FNO5. The topological polar surface area (TPSA) is 88.8 Å². The Morgan fingerprint density at radius 2 is 1.64 bits per heavy atom. The molecule has 0 bridgehead atoms. The van der Waals surface area contributed by atoms with Crippen molar-refractivity contribution in [3.05, 3.63) is 113 Å². The number of hydrogen-bond acceptors (Lipinski definition) is 5. The van der Waals surface area contributed by atoms with Gasteiger partial charge in [0.1, 0.15) is 17.1 Å². The molecule has 0 atom stereocenters. The van der Waals surface area contributed by atoms with Crippen molar-refractivity contribution in [2.24, 2.45) is 0 Å². The molecule has 1 amide bonds. The first kappa shape index (κ1) is 22.9. The van der Waals surface area contributed by atoms with Crippen molar-refractivity contribution in [2.75, 3.05) is 12.4 Å². The molecule has 0 aliphatic rings. The highest BCUT2D eigenvalue weighted by atomic mass is 19.1. The minimum Gasteiger partial charge on any atom is -0.502 e. The molecule has 0 unspecified atom stereocenters. The van der Waals surface area contributed by atoms with Crippen LogP contribution in [0.4, 0.5) is 10.1 Å². The third kappa shape index (κ3) is 4.30. The number of aromatic hydroxyl groups is 1. The van der Waals surface area contributed by atoms with Crippen LogP contribution in [0.15, 0.2) is 100 Å². The molecule has 178 valence electrons. The standard InChI is InChI=1S/C29H20FNO5/c1-35-24-8-3-2-7-23(24)29(34)31-21-6-4-5-19(15-21)28-27(33)26(32)22-14-11-18(16-25(22)36-28)17-9-12-20(30)13-10-17/h2-16,33H,1H3,(H,31,34). The van der Waals surface area contributed by atoms with Crippen LogP contribution in [-0.4, -0.2) is 18.1 Å². The van der Waals surface area contributed by atoms with Crippen molar-refractivity contribution in [1.82, 2.24) is 0 Å². The van der Waals surface area contributed by atoms with Gasteiger partial charge in [0.05, 0.1) is 18.1 Å². The van der Waals surface area contributed by atoms with Crippen molar-refractivity contribution >= 4 is 22.6 Å². The molecule has 1 aromatic heterocycles. The van der Waals surface area contributed by atoms with Crippen molar-refractivity contribution in [2.45, 2.75) is 0 Å². The fourth-order valence-electron chi connectivity index (χ4n) is 3.97. The van der Waals surface area contributed by atoms with Crippen LogP contribution in [0.2, 0.25) is 0 Å². The van der Waals surface area contributed by atoms with Gasteiger partial charge in [0.15, 0.2) is 5.76 Å².